The first kappa shape index (κ1) is 15.1. The molecule has 0 aliphatic carbocycles. The van der Waals surface area contributed by atoms with Crippen molar-refractivity contribution in [1.29, 1.82) is 5.26 Å². The van der Waals surface area contributed by atoms with Crippen LogP contribution in [0, 0.1) is 18.3 Å². The second kappa shape index (κ2) is 6.14. The highest BCUT2D eigenvalue weighted by atomic mass is 15.0. The van der Waals surface area contributed by atoms with Crippen LogP contribution in [0.25, 0.3) is 22.6 Å². The van der Waals surface area contributed by atoms with Crippen molar-refractivity contribution < 1.29 is 0 Å². The van der Waals surface area contributed by atoms with Crippen LogP contribution in [-0.4, -0.2) is 4.57 Å². The number of aromatic nitrogens is 1. The molecule has 2 aromatic carbocycles. The number of aryl methyl sites for hydroxylation is 1. The minimum absolute atomic E-state index is 0.381. The van der Waals surface area contributed by atoms with Crippen molar-refractivity contribution in [3.8, 4) is 6.07 Å². The molecular formula is C21H20N2. The predicted molar refractivity (Wildman–Crippen MR) is 97.0 cm³/mol. The monoisotopic (exact) mass is 300 g/mol. The van der Waals surface area contributed by atoms with Gasteiger partial charge >= 0.3 is 0 Å². The van der Waals surface area contributed by atoms with E-state index >= 15 is 0 Å². The largest absolute Gasteiger partial charge is 0.344 e. The number of para-hydroxylation sites is 1. The van der Waals surface area contributed by atoms with E-state index in [0.717, 1.165) is 11.1 Å². The van der Waals surface area contributed by atoms with Gasteiger partial charge in [-0.05, 0) is 38.5 Å². The van der Waals surface area contributed by atoms with Crippen LogP contribution >= 0.6 is 0 Å². The number of hydrogen-bond donors (Lipinski definition) is 0. The molecule has 0 spiro atoms. The van der Waals surface area contributed by atoms with Gasteiger partial charge in [-0.15, -0.1) is 0 Å². The fraction of sp³-hybridized carbons (Fsp3) is 0.190. The van der Waals surface area contributed by atoms with Crippen molar-refractivity contribution in [2.75, 3.05) is 0 Å². The predicted octanol–water partition coefficient (Wildman–Crippen LogP) is 5.59. The topological polar surface area (TPSA) is 28.7 Å². The molecule has 0 N–H and O–H groups in total. The third-order valence-electron chi connectivity index (χ3n) is 4.11. The summed E-state index contributed by atoms with van der Waals surface area (Å²) in [5.41, 5.74) is 5.14. The quantitative estimate of drug-likeness (QED) is 0.579. The summed E-state index contributed by atoms with van der Waals surface area (Å²) in [6, 6.07) is 19.2. The normalized spacial score (nSPS) is 11.9. The highest BCUT2D eigenvalue weighted by Crippen LogP contribution is 2.28. The van der Waals surface area contributed by atoms with E-state index in [9.17, 15) is 5.26 Å². The first-order valence-electron chi connectivity index (χ1n) is 7.88. The molecule has 0 amide bonds. The fourth-order valence-electron chi connectivity index (χ4n) is 2.84. The van der Waals surface area contributed by atoms with Crippen LogP contribution in [0.4, 0.5) is 0 Å². The van der Waals surface area contributed by atoms with Crippen molar-refractivity contribution >= 4 is 22.6 Å². The van der Waals surface area contributed by atoms with Crippen LogP contribution in [0.5, 0.6) is 0 Å². The Morgan fingerprint density at radius 1 is 1.09 bits per heavy atom. The Balaban J connectivity index is 2.16. The van der Waals surface area contributed by atoms with Gasteiger partial charge < -0.3 is 4.57 Å². The van der Waals surface area contributed by atoms with Crippen molar-refractivity contribution in [1.82, 2.24) is 4.57 Å². The van der Waals surface area contributed by atoms with Crippen LogP contribution in [0.3, 0.4) is 0 Å². The number of nitriles is 1. The molecule has 1 aromatic heterocycles. The van der Waals surface area contributed by atoms with E-state index in [4.69, 9.17) is 0 Å². The third-order valence-corrected chi connectivity index (χ3v) is 4.11. The molecule has 2 heteroatoms. The summed E-state index contributed by atoms with van der Waals surface area (Å²) < 4.78 is 2.26. The second-order valence-corrected chi connectivity index (χ2v) is 6.14. The number of rotatable bonds is 3. The average molecular weight is 300 g/mol. The van der Waals surface area contributed by atoms with Gasteiger partial charge in [0.2, 0.25) is 0 Å². The van der Waals surface area contributed by atoms with Crippen molar-refractivity contribution in [2.45, 2.75) is 26.8 Å². The molecule has 0 saturated carbocycles. The summed E-state index contributed by atoms with van der Waals surface area (Å²) in [7, 11) is 0. The number of allylic oxidation sites excluding steroid dienone is 1. The summed E-state index contributed by atoms with van der Waals surface area (Å²) in [5, 5.41) is 10.8. The van der Waals surface area contributed by atoms with E-state index < -0.39 is 0 Å². The molecule has 0 radical (unpaired) electrons. The summed E-state index contributed by atoms with van der Waals surface area (Å²) in [5.74, 6) is 0. The maximum absolute atomic E-state index is 9.57. The lowest BCUT2D eigenvalue weighted by Crippen LogP contribution is -1.97. The molecule has 0 bridgehead atoms. The van der Waals surface area contributed by atoms with Gasteiger partial charge in [0.25, 0.3) is 0 Å². The van der Waals surface area contributed by atoms with E-state index in [0.29, 0.717) is 11.6 Å². The third kappa shape index (κ3) is 2.91. The minimum Gasteiger partial charge on any atom is -0.344 e. The van der Waals surface area contributed by atoms with E-state index in [1.54, 1.807) is 0 Å². The van der Waals surface area contributed by atoms with Crippen LogP contribution < -0.4 is 0 Å². The van der Waals surface area contributed by atoms with E-state index in [1.807, 2.05) is 36.4 Å². The first-order chi connectivity index (χ1) is 11.1. The molecule has 114 valence electrons. The highest BCUT2D eigenvalue weighted by Gasteiger charge is 2.10. The fourth-order valence-corrected chi connectivity index (χ4v) is 2.84. The smallest absolute Gasteiger partial charge is 0.0998 e. The van der Waals surface area contributed by atoms with Gasteiger partial charge in [-0.2, -0.15) is 5.26 Å². The van der Waals surface area contributed by atoms with Gasteiger partial charge in [-0.1, -0.05) is 48.0 Å². The number of hydrogen-bond acceptors (Lipinski definition) is 1. The Morgan fingerprint density at radius 3 is 2.43 bits per heavy atom. The van der Waals surface area contributed by atoms with Gasteiger partial charge in [-0.3, -0.25) is 0 Å². The summed E-state index contributed by atoms with van der Waals surface area (Å²) in [6.45, 7) is 6.39. The average Bonchev–Trinajstić information content (AvgIpc) is 2.93. The van der Waals surface area contributed by atoms with Gasteiger partial charge in [0.1, 0.15) is 0 Å². The Hall–Kier alpha value is -2.79. The Labute approximate surface area is 137 Å². The summed E-state index contributed by atoms with van der Waals surface area (Å²) in [6.07, 6.45) is 4.13. The molecule has 23 heavy (non-hydrogen) atoms. The number of fused-ring (bicyclic) bond motifs is 1. The van der Waals surface area contributed by atoms with E-state index in [1.165, 1.54) is 16.5 Å². The summed E-state index contributed by atoms with van der Waals surface area (Å²) >= 11 is 0. The SMILES string of the molecule is Cc1ccc(/C(C#N)=C\c2cn(C(C)C)c3ccccc23)cc1. The molecule has 0 fully saturated rings. The maximum atomic E-state index is 9.57. The molecule has 3 aromatic rings. The molecule has 0 saturated heterocycles. The van der Waals surface area contributed by atoms with Crippen LogP contribution in [0.15, 0.2) is 54.7 Å². The maximum Gasteiger partial charge on any atom is 0.0998 e. The highest BCUT2D eigenvalue weighted by molar-refractivity contribution is 5.98. The van der Waals surface area contributed by atoms with Gasteiger partial charge in [0.05, 0.1) is 11.6 Å². The molecule has 0 aliphatic rings. The molecule has 2 nitrogen and oxygen atoms in total. The van der Waals surface area contributed by atoms with Gasteiger partial charge in [-0.25, -0.2) is 0 Å². The van der Waals surface area contributed by atoms with Crippen LogP contribution in [-0.2, 0) is 0 Å². The number of benzene rings is 2. The van der Waals surface area contributed by atoms with E-state index in [-0.39, 0.29) is 0 Å². The minimum atomic E-state index is 0.381. The van der Waals surface area contributed by atoms with E-state index in [2.05, 4.69) is 55.8 Å². The van der Waals surface area contributed by atoms with Gasteiger partial charge in [0, 0.05) is 28.7 Å². The zero-order valence-electron chi connectivity index (χ0n) is 13.7. The molecule has 3 rings (SSSR count). The summed E-state index contributed by atoms with van der Waals surface area (Å²) in [4.78, 5) is 0. The zero-order valence-corrected chi connectivity index (χ0v) is 13.7. The van der Waals surface area contributed by atoms with Crippen LogP contribution in [0.2, 0.25) is 0 Å². The Kier molecular flexibility index (Phi) is 4.04. The lowest BCUT2D eigenvalue weighted by molar-refractivity contribution is 0.622. The standard InChI is InChI=1S/C21H20N2/c1-15(2)23-14-19(20-6-4-5-7-21(20)23)12-18(13-22)17-10-8-16(3)9-11-17/h4-12,14-15H,1-3H3/b18-12-. The van der Waals surface area contributed by atoms with Crippen LogP contribution in [0.1, 0.15) is 36.6 Å². The lowest BCUT2D eigenvalue weighted by Gasteiger charge is -2.08. The molecule has 0 unspecified atom stereocenters. The lowest BCUT2D eigenvalue weighted by atomic mass is 10.0. The van der Waals surface area contributed by atoms with Crippen molar-refractivity contribution in [3.63, 3.8) is 0 Å². The molecule has 0 aliphatic heterocycles. The zero-order chi connectivity index (χ0) is 16.4. The van der Waals surface area contributed by atoms with Crippen molar-refractivity contribution in [3.05, 3.63) is 71.4 Å². The van der Waals surface area contributed by atoms with Gasteiger partial charge in [0.15, 0.2) is 0 Å². The Morgan fingerprint density at radius 2 is 1.78 bits per heavy atom. The van der Waals surface area contributed by atoms with Crippen molar-refractivity contribution in [2.24, 2.45) is 0 Å². The number of nitrogens with zero attached hydrogens (tertiary/aromatic N) is 2. The molecule has 1 heterocycles. The molecule has 0 atom stereocenters. The molecular weight excluding hydrogens is 280 g/mol. The Bertz CT molecular complexity index is 903. The first-order valence-corrected chi connectivity index (χ1v) is 7.88. The second-order valence-electron chi connectivity index (χ2n) is 6.14.